The molecule has 20 heavy (non-hydrogen) atoms. The van der Waals surface area contributed by atoms with Crippen molar-refractivity contribution in [3.8, 4) is 0 Å². The van der Waals surface area contributed by atoms with Crippen molar-refractivity contribution >= 4 is 0 Å². The fourth-order valence-electron chi connectivity index (χ4n) is 3.72. The monoisotopic (exact) mass is 277 g/mol. The Kier molecular flexibility index (Phi) is 6.08. The first kappa shape index (κ1) is 15.6. The van der Waals surface area contributed by atoms with E-state index in [0.29, 0.717) is 6.04 Å². The molecule has 0 radical (unpaired) electrons. The Hall–Kier alpha value is -0.830. The van der Waals surface area contributed by atoms with Gasteiger partial charge in [-0.05, 0) is 50.8 Å². The lowest BCUT2D eigenvalue weighted by atomic mass is 9.87. The molecule has 114 valence electrons. The van der Waals surface area contributed by atoms with Crippen LogP contribution in [0.5, 0.6) is 0 Å². The summed E-state index contributed by atoms with van der Waals surface area (Å²) in [5.74, 6) is 1.66. The third kappa shape index (κ3) is 3.85. The molecule has 2 rings (SSSR count). The number of hydrogen-bond donors (Lipinski definition) is 1. The van der Waals surface area contributed by atoms with Gasteiger partial charge in [-0.15, -0.1) is 0 Å². The van der Waals surface area contributed by atoms with E-state index in [1.165, 1.54) is 44.2 Å². The third-order valence-corrected chi connectivity index (χ3v) is 4.98. The van der Waals surface area contributed by atoms with Gasteiger partial charge in [-0.3, -0.25) is 4.68 Å². The zero-order valence-electron chi connectivity index (χ0n) is 13.4. The summed E-state index contributed by atoms with van der Waals surface area (Å²) in [6.45, 7) is 5.62. The smallest absolute Gasteiger partial charge is 0.0628 e. The molecule has 1 aromatic rings. The molecule has 1 atom stereocenters. The first-order chi connectivity index (χ1) is 9.78. The molecule has 1 aliphatic rings. The lowest BCUT2D eigenvalue weighted by Crippen LogP contribution is -2.26. The second-order valence-corrected chi connectivity index (χ2v) is 6.32. The van der Waals surface area contributed by atoms with Crippen LogP contribution in [0.3, 0.4) is 0 Å². The Bertz CT molecular complexity index is 375. The molecular formula is C17H31N3. The van der Waals surface area contributed by atoms with Crippen LogP contribution in [0.15, 0.2) is 12.3 Å². The molecule has 0 spiro atoms. The van der Waals surface area contributed by atoms with E-state index >= 15 is 0 Å². The second-order valence-electron chi connectivity index (χ2n) is 6.32. The maximum Gasteiger partial charge on any atom is 0.0628 e. The zero-order chi connectivity index (χ0) is 14.4. The van der Waals surface area contributed by atoms with Crippen LogP contribution in [0.2, 0.25) is 0 Å². The van der Waals surface area contributed by atoms with Crippen molar-refractivity contribution in [3.63, 3.8) is 0 Å². The van der Waals surface area contributed by atoms with Crippen LogP contribution in [0.25, 0.3) is 0 Å². The fourth-order valence-corrected chi connectivity index (χ4v) is 3.72. The Labute approximate surface area is 124 Å². The molecule has 1 saturated carbocycles. The van der Waals surface area contributed by atoms with Gasteiger partial charge in [0.05, 0.1) is 11.7 Å². The van der Waals surface area contributed by atoms with Gasteiger partial charge in [-0.2, -0.15) is 5.10 Å². The molecule has 0 bridgehead atoms. The summed E-state index contributed by atoms with van der Waals surface area (Å²) in [5.41, 5.74) is 1.28. The van der Waals surface area contributed by atoms with E-state index in [0.717, 1.165) is 24.8 Å². The first-order valence-corrected chi connectivity index (χ1v) is 8.47. The average Bonchev–Trinajstić information content (AvgIpc) is 3.11. The highest BCUT2D eigenvalue weighted by Gasteiger charge is 2.25. The van der Waals surface area contributed by atoms with E-state index in [9.17, 15) is 0 Å². The van der Waals surface area contributed by atoms with Crippen LogP contribution < -0.4 is 5.32 Å². The molecule has 1 unspecified atom stereocenters. The molecule has 0 aliphatic heterocycles. The summed E-state index contributed by atoms with van der Waals surface area (Å²) in [6.07, 6.45) is 11.3. The van der Waals surface area contributed by atoms with Gasteiger partial charge in [0.1, 0.15) is 0 Å². The van der Waals surface area contributed by atoms with Crippen LogP contribution in [0, 0.1) is 11.8 Å². The molecule has 1 heterocycles. The molecule has 0 aromatic carbocycles. The predicted molar refractivity (Wildman–Crippen MR) is 84.9 cm³/mol. The largest absolute Gasteiger partial charge is 0.319 e. The number of nitrogens with one attached hydrogen (secondary N) is 1. The summed E-state index contributed by atoms with van der Waals surface area (Å²) in [6, 6.07) is 2.80. The Morgan fingerprint density at radius 3 is 2.60 bits per heavy atom. The highest BCUT2D eigenvalue weighted by molar-refractivity contribution is 5.02. The SMILES string of the molecule is CCC(CC)n1ccc(CC(CNC)C2CCCC2)n1. The van der Waals surface area contributed by atoms with Crippen molar-refractivity contribution in [1.82, 2.24) is 15.1 Å². The third-order valence-electron chi connectivity index (χ3n) is 4.98. The Morgan fingerprint density at radius 1 is 1.30 bits per heavy atom. The summed E-state index contributed by atoms with van der Waals surface area (Å²) < 4.78 is 2.18. The first-order valence-electron chi connectivity index (χ1n) is 8.47. The zero-order valence-corrected chi connectivity index (χ0v) is 13.4. The van der Waals surface area contributed by atoms with Crippen molar-refractivity contribution in [2.45, 2.75) is 64.8 Å². The van der Waals surface area contributed by atoms with E-state index in [1.807, 2.05) is 0 Å². The summed E-state index contributed by atoms with van der Waals surface area (Å²) >= 11 is 0. The van der Waals surface area contributed by atoms with E-state index < -0.39 is 0 Å². The standard InChI is InChI=1S/C17H31N3/c1-4-17(5-2)20-11-10-16(19-20)12-15(13-18-3)14-8-6-7-9-14/h10-11,14-15,17-18H,4-9,12-13H2,1-3H3. The molecular weight excluding hydrogens is 246 g/mol. The van der Waals surface area contributed by atoms with Crippen LogP contribution >= 0.6 is 0 Å². The van der Waals surface area contributed by atoms with Crippen molar-refractivity contribution in [1.29, 1.82) is 0 Å². The molecule has 3 heteroatoms. The minimum atomic E-state index is 0.568. The fraction of sp³-hybridized carbons (Fsp3) is 0.824. The van der Waals surface area contributed by atoms with Gasteiger partial charge < -0.3 is 5.32 Å². The van der Waals surface area contributed by atoms with Crippen LogP contribution in [0.4, 0.5) is 0 Å². The van der Waals surface area contributed by atoms with Gasteiger partial charge in [0.15, 0.2) is 0 Å². The average molecular weight is 277 g/mol. The number of nitrogens with zero attached hydrogens (tertiary/aromatic N) is 2. The van der Waals surface area contributed by atoms with Gasteiger partial charge in [0.2, 0.25) is 0 Å². The summed E-state index contributed by atoms with van der Waals surface area (Å²) in [7, 11) is 2.07. The van der Waals surface area contributed by atoms with Crippen LogP contribution in [0.1, 0.15) is 64.1 Å². The normalized spacial score (nSPS) is 18.0. The molecule has 1 aromatic heterocycles. The van der Waals surface area contributed by atoms with E-state index in [1.54, 1.807) is 0 Å². The predicted octanol–water partition coefficient (Wildman–Crippen LogP) is 3.81. The Morgan fingerprint density at radius 2 is 2.00 bits per heavy atom. The topological polar surface area (TPSA) is 29.9 Å². The van der Waals surface area contributed by atoms with Crippen molar-refractivity contribution in [2.75, 3.05) is 13.6 Å². The molecule has 1 fully saturated rings. The molecule has 3 nitrogen and oxygen atoms in total. The van der Waals surface area contributed by atoms with E-state index in [2.05, 4.69) is 43.2 Å². The van der Waals surface area contributed by atoms with Crippen molar-refractivity contribution in [2.24, 2.45) is 11.8 Å². The lowest BCUT2D eigenvalue weighted by molar-refractivity contribution is 0.323. The van der Waals surface area contributed by atoms with Gasteiger partial charge in [-0.1, -0.05) is 39.5 Å². The highest BCUT2D eigenvalue weighted by atomic mass is 15.3. The maximum atomic E-state index is 4.83. The minimum absolute atomic E-state index is 0.568. The van der Waals surface area contributed by atoms with Gasteiger partial charge in [0, 0.05) is 6.20 Å². The molecule has 1 aliphatic carbocycles. The van der Waals surface area contributed by atoms with E-state index in [-0.39, 0.29) is 0 Å². The van der Waals surface area contributed by atoms with Crippen LogP contribution in [-0.2, 0) is 6.42 Å². The molecule has 0 saturated heterocycles. The highest BCUT2D eigenvalue weighted by Crippen LogP contribution is 2.32. The second kappa shape index (κ2) is 7.82. The number of hydrogen-bond acceptors (Lipinski definition) is 2. The number of rotatable bonds is 8. The number of aromatic nitrogens is 2. The van der Waals surface area contributed by atoms with Gasteiger partial charge in [0.25, 0.3) is 0 Å². The Balaban J connectivity index is 1.99. The molecule has 1 N–H and O–H groups in total. The summed E-state index contributed by atoms with van der Waals surface area (Å²) in [5, 5.41) is 8.22. The van der Waals surface area contributed by atoms with Gasteiger partial charge >= 0.3 is 0 Å². The maximum absolute atomic E-state index is 4.83. The minimum Gasteiger partial charge on any atom is -0.319 e. The van der Waals surface area contributed by atoms with Crippen LogP contribution in [-0.4, -0.2) is 23.4 Å². The lowest BCUT2D eigenvalue weighted by Gasteiger charge is -2.22. The quantitative estimate of drug-likeness (QED) is 0.783. The van der Waals surface area contributed by atoms with E-state index in [4.69, 9.17) is 5.10 Å². The van der Waals surface area contributed by atoms with Gasteiger partial charge in [-0.25, -0.2) is 0 Å². The van der Waals surface area contributed by atoms with Crippen molar-refractivity contribution < 1.29 is 0 Å². The van der Waals surface area contributed by atoms with Crippen molar-refractivity contribution in [3.05, 3.63) is 18.0 Å². The summed E-state index contributed by atoms with van der Waals surface area (Å²) in [4.78, 5) is 0. The molecule has 0 amide bonds.